The molecule has 18 heavy (non-hydrogen) atoms. The van der Waals surface area contributed by atoms with Gasteiger partial charge in [0.05, 0.1) is 17.4 Å². The van der Waals surface area contributed by atoms with E-state index >= 15 is 0 Å². The van der Waals surface area contributed by atoms with Crippen LogP contribution in [0.5, 0.6) is 0 Å². The maximum Gasteiger partial charge on any atom is 0.271 e. The van der Waals surface area contributed by atoms with Crippen molar-refractivity contribution in [1.82, 2.24) is 20.3 Å². The molecule has 0 bridgehead atoms. The van der Waals surface area contributed by atoms with Crippen LogP contribution in [-0.4, -0.2) is 27.4 Å². The number of nitrogens with two attached hydrogens (primary N) is 1. The van der Waals surface area contributed by atoms with E-state index in [0.717, 1.165) is 10.7 Å². The van der Waals surface area contributed by atoms with E-state index in [1.807, 2.05) is 12.3 Å². The lowest BCUT2D eigenvalue weighted by Gasteiger charge is -2.03. The normalized spacial score (nSPS) is 10.3. The van der Waals surface area contributed by atoms with Crippen molar-refractivity contribution < 1.29 is 4.79 Å². The first-order chi connectivity index (χ1) is 8.65. The molecule has 0 saturated heterocycles. The molecule has 3 N–H and O–H groups in total. The van der Waals surface area contributed by atoms with Crippen molar-refractivity contribution in [1.29, 1.82) is 0 Å². The van der Waals surface area contributed by atoms with Gasteiger partial charge in [-0.2, -0.15) is 0 Å². The molecule has 7 heteroatoms. The third-order valence-corrected chi connectivity index (χ3v) is 3.20. The SMILES string of the molecule is Cc1csc(CCNC(=O)c2cncc(N)n2)n1. The van der Waals surface area contributed by atoms with Crippen molar-refractivity contribution in [3.05, 3.63) is 34.2 Å². The van der Waals surface area contributed by atoms with Crippen LogP contribution >= 0.6 is 11.3 Å². The lowest BCUT2D eigenvalue weighted by molar-refractivity contribution is 0.0949. The first kappa shape index (κ1) is 12.4. The highest BCUT2D eigenvalue weighted by Gasteiger charge is 2.07. The maximum absolute atomic E-state index is 11.7. The van der Waals surface area contributed by atoms with Crippen LogP contribution < -0.4 is 11.1 Å². The fourth-order valence-corrected chi connectivity index (χ4v) is 2.16. The molecular formula is C11H13N5OS. The molecule has 0 aromatic carbocycles. The van der Waals surface area contributed by atoms with Crippen LogP contribution in [0.3, 0.4) is 0 Å². The van der Waals surface area contributed by atoms with Gasteiger partial charge in [0.1, 0.15) is 11.5 Å². The van der Waals surface area contributed by atoms with E-state index in [-0.39, 0.29) is 17.4 Å². The molecule has 2 heterocycles. The molecule has 0 saturated carbocycles. The summed E-state index contributed by atoms with van der Waals surface area (Å²) < 4.78 is 0. The zero-order valence-electron chi connectivity index (χ0n) is 9.88. The van der Waals surface area contributed by atoms with E-state index in [2.05, 4.69) is 20.3 Å². The molecule has 2 rings (SSSR count). The number of anilines is 1. The van der Waals surface area contributed by atoms with E-state index in [0.29, 0.717) is 13.0 Å². The van der Waals surface area contributed by atoms with Crippen LogP contribution in [-0.2, 0) is 6.42 Å². The Balaban J connectivity index is 1.85. The standard InChI is InChI=1S/C11H13N5OS/c1-7-6-18-10(15-7)2-3-14-11(17)8-4-13-5-9(12)16-8/h4-6H,2-3H2,1H3,(H2,12,16)(H,14,17). The van der Waals surface area contributed by atoms with Gasteiger partial charge in [0.25, 0.3) is 5.91 Å². The second kappa shape index (κ2) is 5.54. The highest BCUT2D eigenvalue weighted by Crippen LogP contribution is 2.08. The number of rotatable bonds is 4. The highest BCUT2D eigenvalue weighted by atomic mass is 32.1. The number of hydrogen-bond donors (Lipinski definition) is 2. The number of carbonyl (C=O) groups excluding carboxylic acids is 1. The minimum absolute atomic E-state index is 0.227. The van der Waals surface area contributed by atoms with Gasteiger partial charge in [0, 0.05) is 24.0 Å². The van der Waals surface area contributed by atoms with Gasteiger partial charge in [-0.15, -0.1) is 11.3 Å². The summed E-state index contributed by atoms with van der Waals surface area (Å²) >= 11 is 1.59. The van der Waals surface area contributed by atoms with Crippen LogP contribution in [0.25, 0.3) is 0 Å². The fraction of sp³-hybridized carbons (Fsp3) is 0.273. The number of nitrogen functional groups attached to an aromatic ring is 1. The van der Waals surface area contributed by atoms with E-state index in [1.54, 1.807) is 11.3 Å². The summed E-state index contributed by atoms with van der Waals surface area (Å²) in [5, 5.41) is 5.75. The van der Waals surface area contributed by atoms with Crippen LogP contribution in [0.15, 0.2) is 17.8 Å². The number of hydrogen-bond acceptors (Lipinski definition) is 6. The quantitative estimate of drug-likeness (QED) is 0.850. The average Bonchev–Trinajstić information content (AvgIpc) is 2.75. The van der Waals surface area contributed by atoms with E-state index in [4.69, 9.17) is 5.73 Å². The van der Waals surface area contributed by atoms with Crippen molar-refractivity contribution in [2.24, 2.45) is 0 Å². The Morgan fingerprint density at radius 1 is 1.44 bits per heavy atom. The first-order valence-corrected chi connectivity index (χ1v) is 6.30. The molecule has 6 nitrogen and oxygen atoms in total. The van der Waals surface area contributed by atoms with Gasteiger partial charge in [-0.1, -0.05) is 0 Å². The van der Waals surface area contributed by atoms with Gasteiger partial charge in [0.15, 0.2) is 0 Å². The molecule has 0 aliphatic rings. The molecule has 0 spiro atoms. The van der Waals surface area contributed by atoms with E-state index < -0.39 is 0 Å². The smallest absolute Gasteiger partial charge is 0.271 e. The van der Waals surface area contributed by atoms with Crippen molar-refractivity contribution >= 4 is 23.1 Å². The first-order valence-electron chi connectivity index (χ1n) is 5.42. The number of thiazole rings is 1. The van der Waals surface area contributed by atoms with Crippen LogP contribution in [0.1, 0.15) is 21.2 Å². The van der Waals surface area contributed by atoms with Gasteiger partial charge in [-0.25, -0.2) is 9.97 Å². The van der Waals surface area contributed by atoms with Crippen molar-refractivity contribution in [2.75, 3.05) is 12.3 Å². The zero-order valence-corrected chi connectivity index (χ0v) is 10.7. The van der Waals surface area contributed by atoms with Crippen molar-refractivity contribution in [2.45, 2.75) is 13.3 Å². The zero-order chi connectivity index (χ0) is 13.0. The van der Waals surface area contributed by atoms with Gasteiger partial charge in [0.2, 0.25) is 0 Å². The lowest BCUT2D eigenvalue weighted by atomic mass is 10.4. The molecule has 0 radical (unpaired) electrons. The predicted molar refractivity (Wildman–Crippen MR) is 69.3 cm³/mol. The predicted octanol–water partition coefficient (Wildman–Crippen LogP) is 0.796. The largest absolute Gasteiger partial charge is 0.382 e. The molecular weight excluding hydrogens is 250 g/mol. The number of aromatic nitrogens is 3. The molecule has 0 fully saturated rings. The summed E-state index contributed by atoms with van der Waals surface area (Å²) in [5.74, 6) is -0.0405. The van der Waals surface area contributed by atoms with Gasteiger partial charge >= 0.3 is 0 Å². The average molecular weight is 263 g/mol. The van der Waals surface area contributed by atoms with Crippen molar-refractivity contribution in [3.8, 4) is 0 Å². The van der Waals surface area contributed by atoms with Crippen molar-refractivity contribution in [3.63, 3.8) is 0 Å². The Morgan fingerprint density at radius 2 is 2.28 bits per heavy atom. The van der Waals surface area contributed by atoms with Crippen LogP contribution in [0.4, 0.5) is 5.82 Å². The molecule has 0 atom stereocenters. The molecule has 2 aromatic rings. The Morgan fingerprint density at radius 3 is 2.94 bits per heavy atom. The van der Waals surface area contributed by atoms with Gasteiger partial charge in [-0.05, 0) is 6.92 Å². The topological polar surface area (TPSA) is 93.8 Å². The molecule has 94 valence electrons. The number of amides is 1. The third-order valence-electron chi connectivity index (χ3n) is 2.18. The minimum Gasteiger partial charge on any atom is -0.382 e. The number of nitrogens with zero attached hydrogens (tertiary/aromatic N) is 3. The molecule has 0 unspecified atom stereocenters. The Labute approximate surface area is 108 Å². The van der Waals surface area contributed by atoms with Gasteiger partial charge in [-0.3, -0.25) is 9.78 Å². The maximum atomic E-state index is 11.7. The third kappa shape index (κ3) is 3.24. The summed E-state index contributed by atoms with van der Waals surface area (Å²) in [6, 6.07) is 0. The molecule has 0 aliphatic carbocycles. The fourth-order valence-electron chi connectivity index (χ4n) is 1.38. The summed E-state index contributed by atoms with van der Waals surface area (Å²) in [5.41, 5.74) is 6.69. The Bertz CT molecular complexity index is 554. The highest BCUT2D eigenvalue weighted by molar-refractivity contribution is 7.09. The number of nitrogens with one attached hydrogen (secondary N) is 1. The molecule has 1 amide bonds. The molecule has 0 aliphatic heterocycles. The Kier molecular flexibility index (Phi) is 3.83. The summed E-state index contributed by atoms with van der Waals surface area (Å²) in [6.45, 7) is 2.46. The van der Waals surface area contributed by atoms with Crippen LogP contribution in [0.2, 0.25) is 0 Å². The second-order valence-electron chi connectivity index (χ2n) is 3.72. The second-order valence-corrected chi connectivity index (χ2v) is 4.66. The number of aryl methyl sites for hydroxylation is 1. The molecule has 2 aromatic heterocycles. The lowest BCUT2D eigenvalue weighted by Crippen LogP contribution is -2.26. The van der Waals surface area contributed by atoms with E-state index in [1.165, 1.54) is 12.4 Å². The summed E-state index contributed by atoms with van der Waals surface area (Å²) in [6.07, 6.45) is 3.49. The minimum atomic E-state index is -0.275. The summed E-state index contributed by atoms with van der Waals surface area (Å²) in [4.78, 5) is 23.7. The summed E-state index contributed by atoms with van der Waals surface area (Å²) in [7, 11) is 0. The monoisotopic (exact) mass is 263 g/mol. The Hall–Kier alpha value is -2.02. The van der Waals surface area contributed by atoms with Crippen LogP contribution in [0, 0.1) is 6.92 Å². The van der Waals surface area contributed by atoms with E-state index in [9.17, 15) is 4.79 Å². The number of carbonyl (C=O) groups is 1. The van der Waals surface area contributed by atoms with Gasteiger partial charge < -0.3 is 11.1 Å².